The van der Waals surface area contributed by atoms with Crippen LogP contribution in [0.25, 0.3) is 0 Å². The Morgan fingerprint density at radius 2 is 1.44 bits per heavy atom. The van der Waals surface area contributed by atoms with Gasteiger partial charge in [0.1, 0.15) is 11.2 Å². The maximum absolute atomic E-state index is 13.8. The van der Waals surface area contributed by atoms with Crippen LogP contribution in [-0.4, -0.2) is 30.0 Å². The zero-order valence-electron chi connectivity index (χ0n) is 17.2. The summed E-state index contributed by atoms with van der Waals surface area (Å²) in [5.41, 5.74) is 1.65. The van der Waals surface area contributed by atoms with Crippen LogP contribution in [0.1, 0.15) is 28.2 Å². The van der Waals surface area contributed by atoms with E-state index in [-0.39, 0.29) is 11.8 Å². The van der Waals surface area contributed by atoms with E-state index >= 15 is 0 Å². The molecule has 0 radical (unpaired) electrons. The molecule has 0 spiro atoms. The molecular weight excluding hydrogens is 406 g/mol. The van der Waals surface area contributed by atoms with Gasteiger partial charge in [-0.2, -0.15) is 0 Å². The fourth-order valence-electron chi connectivity index (χ4n) is 6.12. The number of amides is 2. The second-order valence-electron chi connectivity index (χ2n) is 8.48. The molecule has 7 rings (SSSR count). The second kappa shape index (κ2) is 6.29. The maximum atomic E-state index is 13.8. The van der Waals surface area contributed by atoms with Gasteiger partial charge in [-0.15, -0.1) is 0 Å². The molecule has 6 nitrogen and oxygen atoms in total. The first-order chi connectivity index (χ1) is 15.5. The number of carboxylic acid groups (broad SMARTS) is 1. The lowest BCUT2D eigenvalue weighted by Gasteiger charge is -2.51. The van der Waals surface area contributed by atoms with Gasteiger partial charge >= 0.3 is 5.97 Å². The number of hydrogen-bond donors (Lipinski definition) is 1. The largest absolute Gasteiger partial charge is 0.497 e. The highest BCUT2D eigenvalue weighted by Gasteiger charge is 2.71. The quantitative estimate of drug-likeness (QED) is 0.651. The van der Waals surface area contributed by atoms with Gasteiger partial charge in [-0.1, -0.05) is 48.5 Å². The lowest BCUT2D eigenvalue weighted by atomic mass is 9.47. The Hall–Kier alpha value is -3.93. The Bertz CT molecular complexity index is 1260. The Morgan fingerprint density at radius 3 is 1.97 bits per heavy atom. The number of methoxy groups -OCH3 is 1. The molecular formula is C26H19NO5. The Kier molecular flexibility index (Phi) is 3.70. The molecule has 1 aliphatic heterocycles. The number of aliphatic carboxylic acids is 1. The maximum Gasteiger partial charge on any atom is 0.319 e. The van der Waals surface area contributed by atoms with E-state index in [1.165, 1.54) is 0 Å². The third-order valence-electron chi connectivity index (χ3n) is 7.29. The van der Waals surface area contributed by atoms with Crippen molar-refractivity contribution in [2.75, 3.05) is 12.0 Å². The third kappa shape index (κ3) is 2.02. The minimum atomic E-state index is -1.61. The monoisotopic (exact) mass is 425 g/mol. The van der Waals surface area contributed by atoms with Gasteiger partial charge < -0.3 is 9.84 Å². The number of carbonyl (C=O) groups is 3. The first-order valence-electron chi connectivity index (χ1n) is 10.5. The number of imide groups is 1. The van der Waals surface area contributed by atoms with Gasteiger partial charge in [0, 0.05) is 5.92 Å². The van der Waals surface area contributed by atoms with E-state index < -0.39 is 29.1 Å². The van der Waals surface area contributed by atoms with Gasteiger partial charge in [0.15, 0.2) is 0 Å². The van der Waals surface area contributed by atoms with Crippen LogP contribution in [0.3, 0.4) is 0 Å². The van der Waals surface area contributed by atoms with Gasteiger partial charge in [0.05, 0.1) is 24.6 Å². The highest BCUT2D eigenvalue weighted by atomic mass is 16.5. The minimum absolute atomic E-state index is 0.357. The van der Waals surface area contributed by atoms with Gasteiger partial charge in [0.25, 0.3) is 0 Å². The molecule has 1 fully saturated rings. The summed E-state index contributed by atoms with van der Waals surface area (Å²) in [6, 6.07) is 21.3. The molecule has 1 saturated heterocycles. The molecule has 3 aliphatic carbocycles. The molecule has 2 bridgehead atoms. The lowest BCUT2D eigenvalue weighted by molar-refractivity contribution is -0.149. The Morgan fingerprint density at radius 1 is 0.875 bits per heavy atom. The SMILES string of the molecule is COc1ccc(N2C(=O)[C@@H]3C4c5ccccc5C(C(=O)O)(c5ccccc54)[C@@H]3C2=O)cc1. The average Bonchev–Trinajstić information content (AvgIpc) is 3.09. The number of ether oxygens (including phenoxy) is 1. The molecule has 4 aliphatic rings. The van der Waals surface area contributed by atoms with Crippen LogP contribution >= 0.6 is 0 Å². The van der Waals surface area contributed by atoms with Crippen LogP contribution in [0.2, 0.25) is 0 Å². The number of carboxylic acids is 1. The van der Waals surface area contributed by atoms with Gasteiger partial charge in [-0.25, -0.2) is 4.90 Å². The minimum Gasteiger partial charge on any atom is -0.497 e. The average molecular weight is 425 g/mol. The molecule has 2 amide bonds. The van der Waals surface area contributed by atoms with Crippen LogP contribution in [0.4, 0.5) is 5.69 Å². The number of anilines is 1. The Balaban J connectivity index is 1.63. The van der Waals surface area contributed by atoms with E-state index in [1.807, 2.05) is 24.3 Å². The molecule has 0 unspecified atom stereocenters. The summed E-state index contributed by atoms with van der Waals surface area (Å²) in [4.78, 5) is 41.8. The summed E-state index contributed by atoms with van der Waals surface area (Å²) in [6.45, 7) is 0. The first-order valence-corrected chi connectivity index (χ1v) is 10.5. The van der Waals surface area contributed by atoms with E-state index in [9.17, 15) is 19.5 Å². The molecule has 1 N–H and O–H groups in total. The molecule has 32 heavy (non-hydrogen) atoms. The zero-order valence-corrected chi connectivity index (χ0v) is 17.2. The van der Waals surface area contributed by atoms with Crippen molar-refractivity contribution in [1.82, 2.24) is 0 Å². The predicted octanol–water partition coefficient (Wildman–Crippen LogP) is 3.33. The highest BCUT2D eigenvalue weighted by Crippen LogP contribution is 2.64. The summed E-state index contributed by atoms with van der Waals surface area (Å²) >= 11 is 0. The summed E-state index contributed by atoms with van der Waals surface area (Å²) in [5.74, 6) is -3.48. The zero-order chi connectivity index (χ0) is 22.2. The Labute approximate surface area is 184 Å². The third-order valence-corrected chi connectivity index (χ3v) is 7.29. The van der Waals surface area contributed by atoms with Crippen LogP contribution in [-0.2, 0) is 19.8 Å². The smallest absolute Gasteiger partial charge is 0.319 e. The summed E-state index contributed by atoms with van der Waals surface area (Å²) in [6.07, 6.45) is 0. The molecule has 2 atom stereocenters. The molecule has 158 valence electrons. The lowest BCUT2D eigenvalue weighted by Crippen LogP contribution is -2.57. The molecule has 1 heterocycles. The van der Waals surface area contributed by atoms with Crippen molar-refractivity contribution < 1.29 is 24.2 Å². The standard InChI is InChI=1S/C26H19NO5/c1-32-15-12-10-14(11-13-15)27-23(28)21-20-16-6-2-4-8-18(16)26(25(30)31,22(21)24(27)29)19-9-5-3-7-17(19)20/h2-13,20-22H,1H3,(H,30,31)/t20?,21-,22+,26?/m1/s1. The number of nitrogens with zero attached hydrogens (tertiary/aromatic N) is 1. The van der Waals surface area contributed by atoms with E-state index in [4.69, 9.17) is 4.74 Å². The van der Waals surface area contributed by atoms with Crippen molar-refractivity contribution in [2.45, 2.75) is 11.3 Å². The van der Waals surface area contributed by atoms with Crippen molar-refractivity contribution in [3.63, 3.8) is 0 Å². The number of carbonyl (C=O) groups excluding carboxylic acids is 2. The van der Waals surface area contributed by atoms with Crippen LogP contribution < -0.4 is 9.64 Å². The molecule has 3 aromatic carbocycles. The fourth-order valence-corrected chi connectivity index (χ4v) is 6.12. The first kappa shape index (κ1) is 18.8. The molecule has 0 saturated carbocycles. The van der Waals surface area contributed by atoms with Crippen LogP contribution in [0.15, 0.2) is 72.8 Å². The van der Waals surface area contributed by atoms with E-state index in [1.54, 1.807) is 55.6 Å². The predicted molar refractivity (Wildman–Crippen MR) is 116 cm³/mol. The van der Waals surface area contributed by atoms with E-state index in [2.05, 4.69) is 0 Å². The van der Waals surface area contributed by atoms with Gasteiger partial charge in [-0.05, 0) is 46.5 Å². The fraction of sp³-hybridized carbons (Fsp3) is 0.192. The number of hydrogen-bond acceptors (Lipinski definition) is 4. The van der Waals surface area contributed by atoms with Crippen molar-refractivity contribution >= 4 is 23.5 Å². The topological polar surface area (TPSA) is 83.9 Å². The molecule has 3 aromatic rings. The van der Waals surface area contributed by atoms with Crippen LogP contribution in [0, 0.1) is 11.8 Å². The summed E-state index contributed by atoms with van der Waals surface area (Å²) in [7, 11) is 1.54. The second-order valence-corrected chi connectivity index (χ2v) is 8.48. The van der Waals surface area contributed by atoms with Gasteiger partial charge in [-0.3, -0.25) is 14.4 Å². The number of rotatable bonds is 3. The van der Waals surface area contributed by atoms with Crippen molar-refractivity contribution in [1.29, 1.82) is 0 Å². The summed E-state index contributed by atoms with van der Waals surface area (Å²) < 4.78 is 5.19. The van der Waals surface area contributed by atoms with Gasteiger partial charge in [0.2, 0.25) is 11.8 Å². The van der Waals surface area contributed by atoms with Crippen LogP contribution in [0.5, 0.6) is 5.75 Å². The van der Waals surface area contributed by atoms with Crippen molar-refractivity contribution in [3.8, 4) is 5.75 Å². The highest BCUT2D eigenvalue weighted by molar-refractivity contribution is 6.25. The number of benzene rings is 3. The molecule has 0 aromatic heterocycles. The normalized spacial score (nSPS) is 27.0. The summed E-state index contributed by atoms with van der Waals surface area (Å²) in [5, 5.41) is 10.7. The van der Waals surface area contributed by atoms with Crippen molar-refractivity contribution in [3.05, 3.63) is 95.1 Å². The van der Waals surface area contributed by atoms with Crippen molar-refractivity contribution in [2.24, 2.45) is 11.8 Å². The molecule has 6 heteroatoms. The van der Waals surface area contributed by atoms with E-state index in [0.717, 1.165) is 16.0 Å². The van der Waals surface area contributed by atoms with E-state index in [0.29, 0.717) is 22.6 Å².